The zero-order valence-corrected chi connectivity index (χ0v) is 8.69. The van der Waals surface area contributed by atoms with E-state index in [0.717, 1.165) is 12.2 Å². The summed E-state index contributed by atoms with van der Waals surface area (Å²) >= 11 is 0. The minimum absolute atomic E-state index is 0.253. The minimum Gasteiger partial charge on any atom is -0.364 e. The summed E-state index contributed by atoms with van der Waals surface area (Å²) in [7, 11) is 3.95. The number of amides is 1. The first-order chi connectivity index (χ1) is 6.52. The maximum atomic E-state index is 10.9. The molecule has 0 aliphatic heterocycles. The van der Waals surface area contributed by atoms with Crippen molar-refractivity contribution in [3.8, 4) is 0 Å². The van der Waals surface area contributed by atoms with Gasteiger partial charge < -0.3 is 10.6 Å². The van der Waals surface area contributed by atoms with E-state index < -0.39 is 5.91 Å². The lowest BCUT2D eigenvalue weighted by Crippen LogP contribution is -2.20. The Morgan fingerprint density at radius 2 is 2.21 bits per heavy atom. The molecule has 0 unspecified atom stereocenters. The van der Waals surface area contributed by atoms with E-state index in [2.05, 4.69) is 10.3 Å². The highest BCUT2D eigenvalue weighted by Gasteiger charge is 2.12. The van der Waals surface area contributed by atoms with E-state index >= 15 is 0 Å². The van der Waals surface area contributed by atoms with Gasteiger partial charge in [-0.1, -0.05) is 5.21 Å². The van der Waals surface area contributed by atoms with Crippen LogP contribution in [0.1, 0.15) is 16.2 Å². The van der Waals surface area contributed by atoms with Crippen molar-refractivity contribution in [1.82, 2.24) is 19.9 Å². The molecule has 1 aromatic rings. The van der Waals surface area contributed by atoms with E-state index in [-0.39, 0.29) is 5.69 Å². The highest BCUT2D eigenvalue weighted by Crippen LogP contribution is 2.02. The summed E-state index contributed by atoms with van der Waals surface area (Å²) in [6.45, 7) is 3.34. The summed E-state index contributed by atoms with van der Waals surface area (Å²) in [6.07, 6.45) is 0. The molecule has 0 aliphatic carbocycles. The fourth-order valence-corrected chi connectivity index (χ4v) is 1.10. The van der Waals surface area contributed by atoms with E-state index in [9.17, 15) is 4.79 Å². The third kappa shape index (κ3) is 2.29. The molecule has 0 fully saturated rings. The first-order valence-electron chi connectivity index (χ1n) is 4.37. The van der Waals surface area contributed by atoms with E-state index in [1.54, 1.807) is 11.6 Å². The Hall–Kier alpha value is -1.43. The number of nitrogens with zero attached hydrogens (tertiary/aromatic N) is 4. The summed E-state index contributed by atoms with van der Waals surface area (Å²) < 4.78 is 1.68. The van der Waals surface area contributed by atoms with Crippen LogP contribution in [0.4, 0.5) is 0 Å². The summed E-state index contributed by atoms with van der Waals surface area (Å²) in [5, 5.41) is 7.56. The zero-order valence-electron chi connectivity index (χ0n) is 8.69. The van der Waals surface area contributed by atoms with Crippen LogP contribution >= 0.6 is 0 Å². The number of likely N-dealkylation sites (N-methyl/N-ethyl adjacent to an activating group) is 1. The van der Waals surface area contributed by atoms with Gasteiger partial charge in [-0.15, -0.1) is 5.10 Å². The summed E-state index contributed by atoms with van der Waals surface area (Å²) in [5.41, 5.74) is 6.09. The molecule has 1 heterocycles. The van der Waals surface area contributed by atoms with Crippen molar-refractivity contribution in [2.24, 2.45) is 5.73 Å². The maximum Gasteiger partial charge on any atom is 0.271 e. The molecule has 0 aliphatic rings. The van der Waals surface area contributed by atoms with Gasteiger partial charge in [0.1, 0.15) is 0 Å². The lowest BCUT2D eigenvalue weighted by molar-refractivity contribution is 0.0995. The van der Waals surface area contributed by atoms with Crippen molar-refractivity contribution in [2.75, 3.05) is 20.6 Å². The van der Waals surface area contributed by atoms with Gasteiger partial charge in [0.05, 0.1) is 12.2 Å². The van der Waals surface area contributed by atoms with Crippen molar-refractivity contribution >= 4 is 5.91 Å². The Morgan fingerprint density at radius 3 is 2.64 bits per heavy atom. The molecule has 6 heteroatoms. The summed E-state index contributed by atoms with van der Waals surface area (Å²) in [5.74, 6) is -0.529. The van der Waals surface area contributed by atoms with Gasteiger partial charge in [-0.2, -0.15) is 0 Å². The SMILES string of the molecule is Cc1c(C(N)=O)nnn1CCN(C)C. The summed E-state index contributed by atoms with van der Waals surface area (Å²) in [4.78, 5) is 12.9. The van der Waals surface area contributed by atoms with Crippen LogP contribution in [-0.4, -0.2) is 46.4 Å². The van der Waals surface area contributed by atoms with Crippen LogP contribution in [0, 0.1) is 6.92 Å². The van der Waals surface area contributed by atoms with Crippen molar-refractivity contribution < 1.29 is 4.79 Å². The second-order valence-corrected chi connectivity index (χ2v) is 3.41. The number of carbonyl (C=O) groups excluding carboxylic acids is 1. The van der Waals surface area contributed by atoms with Gasteiger partial charge in [0.2, 0.25) is 0 Å². The van der Waals surface area contributed by atoms with Crippen molar-refractivity contribution in [2.45, 2.75) is 13.5 Å². The normalized spacial score (nSPS) is 10.9. The number of hydrogen-bond donors (Lipinski definition) is 1. The second-order valence-electron chi connectivity index (χ2n) is 3.41. The highest BCUT2D eigenvalue weighted by atomic mass is 16.1. The fraction of sp³-hybridized carbons (Fsp3) is 0.625. The van der Waals surface area contributed by atoms with Gasteiger partial charge in [-0.05, 0) is 21.0 Å². The molecule has 0 bridgehead atoms. The topological polar surface area (TPSA) is 77.0 Å². The van der Waals surface area contributed by atoms with Gasteiger partial charge in [0.15, 0.2) is 5.69 Å². The van der Waals surface area contributed by atoms with Gasteiger partial charge >= 0.3 is 0 Å². The lowest BCUT2D eigenvalue weighted by atomic mass is 10.3. The molecule has 1 rings (SSSR count). The Balaban J connectivity index is 2.74. The average molecular weight is 197 g/mol. The average Bonchev–Trinajstić information content (AvgIpc) is 2.43. The Morgan fingerprint density at radius 1 is 1.57 bits per heavy atom. The molecule has 0 aromatic carbocycles. The molecule has 2 N–H and O–H groups in total. The number of primary amides is 1. The molecule has 1 amide bonds. The Bertz CT molecular complexity index is 330. The van der Waals surface area contributed by atoms with Crippen molar-refractivity contribution in [1.29, 1.82) is 0 Å². The van der Waals surface area contributed by atoms with E-state index in [4.69, 9.17) is 5.73 Å². The molecule has 0 spiro atoms. The van der Waals surface area contributed by atoms with Gasteiger partial charge in [-0.25, -0.2) is 4.68 Å². The molecular formula is C8H15N5O. The van der Waals surface area contributed by atoms with Gasteiger partial charge in [-0.3, -0.25) is 4.79 Å². The van der Waals surface area contributed by atoms with E-state index in [1.807, 2.05) is 19.0 Å². The van der Waals surface area contributed by atoms with E-state index in [1.165, 1.54) is 0 Å². The Kier molecular flexibility index (Phi) is 3.19. The smallest absolute Gasteiger partial charge is 0.271 e. The molecule has 78 valence electrons. The zero-order chi connectivity index (χ0) is 10.7. The van der Waals surface area contributed by atoms with Crippen LogP contribution in [0.3, 0.4) is 0 Å². The molecule has 0 radical (unpaired) electrons. The Labute approximate surface area is 82.7 Å². The van der Waals surface area contributed by atoms with Gasteiger partial charge in [0, 0.05) is 6.54 Å². The third-order valence-corrected chi connectivity index (χ3v) is 1.97. The predicted octanol–water partition coefficient (Wildman–Crippen LogP) is -0.753. The highest BCUT2D eigenvalue weighted by molar-refractivity contribution is 5.91. The van der Waals surface area contributed by atoms with E-state index in [0.29, 0.717) is 6.54 Å². The largest absolute Gasteiger partial charge is 0.364 e. The number of hydrogen-bond acceptors (Lipinski definition) is 4. The van der Waals surface area contributed by atoms with Crippen LogP contribution in [-0.2, 0) is 6.54 Å². The summed E-state index contributed by atoms with van der Waals surface area (Å²) in [6, 6.07) is 0. The standard InChI is InChI=1S/C8H15N5O/c1-6-7(8(9)14)10-11-13(6)5-4-12(2)3/h4-5H2,1-3H3,(H2,9,14). The second kappa shape index (κ2) is 4.19. The molecular weight excluding hydrogens is 182 g/mol. The van der Waals surface area contributed by atoms with Crippen LogP contribution < -0.4 is 5.73 Å². The first kappa shape index (κ1) is 10.6. The minimum atomic E-state index is -0.529. The predicted molar refractivity (Wildman–Crippen MR) is 51.8 cm³/mol. The molecule has 1 aromatic heterocycles. The van der Waals surface area contributed by atoms with Crippen LogP contribution in [0.2, 0.25) is 0 Å². The number of carbonyl (C=O) groups is 1. The quantitative estimate of drug-likeness (QED) is 0.688. The van der Waals surface area contributed by atoms with Crippen LogP contribution in [0.25, 0.3) is 0 Å². The molecule has 14 heavy (non-hydrogen) atoms. The fourth-order valence-electron chi connectivity index (χ4n) is 1.10. The number of nitrogens with two attached hydrogens (primary N) is 1. The van der Waals surface area contributed by atoms with Crippen LogP contribution in [0.15, 0.2) is 0 Å². The molecule has 0 atom stereocenters. The first-order valence-corrected chi connectivity index (χ1v) is 4.37. The molecule has 0 saturated carbocycles. The van der Waals surface area contributed by atoms with Crippen molar-refractivity contribution in [3.63, 3.8) is 0 Å². The third-order valence-electron chi connectivity index (χ3n) is 1.97. The monoisotopic (exact) mass is 197 g/mol. The lowest BCUT2D eigenvalue weighted by Gasteiger charge is -2.09. The number of rotatable bonds is 4. The number of aromatic nitrogens is 3. The molecule has 6 nitrogen and oxygen atoms in total. The van der Waals surface area contributed by atoms with Crippen LogP contribution in [0.5, 0.6) is 0 Å². The molecule has 0 saturated heterocycles. The maximum absolute atomic E-state index is 10.9. The van der Waals surface area contributed by atoms with Gasteiger partial charge in [0.25, 0.3) is 5.91 Å². The van der Waals surface area contributed by atoms with Crippen molar-refractivity contribution in [3.05, 3.63) is 11.4 Å².